The Bertz CT molecular complexity index is 1010. The lowest BCUT2D eigenvalue weighted by Gasteiger charge is -2.28. The molecule has 3 rings (SSSR count). The van der Waals surface area contributed by atoms with Crippen LogP contribution in [0.4, 0.5) is 5.69 Å². The second-order valence-electron chi connectivity index (χ2n) is 10.0. The van der Waals surface area contributed by atoms with Crippen LogP contribution in [0.3, 0.4) is 0 Å². The van der Waals surface area contributed by atoms with Crippen molar-refractivity contribution >= 4 is 41.0 Å². The van der Waals surface area contributed by atoms with E-state index in [4.69, 9.17) is 11.6 Å². The van der Waals surface area contributed by atoms with E-state index < -0.39 is 0 Å². The van der Waals surface area contributed by atoms with Crippen LogP contribution in [0.5, 0.6) is 5.75 Å². The Balaban J connectivity index is 1.93. The van der Waals surface area contributed by atoms with E-state index in [1.54, 1.807) is 0 Å². The third-order valence-electron chi connectivity index (χ3n) is 5.25. The van der Waals surface area contributed by atoms with Gasteiger partial charge < -0.3 is 15.7 Å². The number of rotatable bonds is 3. The van der Waals surface area contributed by atoms with Gasteiger partial charge in [0.2, 0.25) is 0 Å². The Kier molecular flexibility index (Phi) is 6.41. The molecule has 1 heterocycles. The molecule has 31 heavy (non-hydrogen) atoms. The fraction of sp³-hybridized carbons (Fsp3) is 0.400. The lowest BCUT2D eigenvalue weighted by atomic mass is 9.78. The predicted molar refractivity (Wildman–Crippen MR) is 133 cm³/mol. The van der Waals surface area contributed by atoms with Crippen molar-refractivity contribution in [3.05, 3.63) is 62.5 Å². The molecule has 0 saturated carbocycles. The summed E-state index contributed by atoms with van der Waals surface area (Å²) in [4.78, 5) is 13.3. The molecule has 1 atom stereocenters. The number of carbonyl (C=O) groups excluding carboxylic acids is 1. The molecular formula is C25H31ClN2O2S. The Labute approximate surface area is 194 Å². The largest absolute Gasteiger partial charge is 0.507 e. The number of anilines is 1. The number of halogens is 1. The normalized spacial score (nSPS) is 18.4. The fourth-order valence-electron chi connectivity index (χ4n) is 3.53. The minimum Gasteiger partial charge on any atom is -0.507 e. The van der Waals surface area contributed by atoms with Gasteiger partial charge >= 0.3 is 0 Å². The smallest absolute Gasteiger partial charge is 0.260 e. The van der Waals surface area contributed by atoms with Crippen molar-refractivity contribution in [1.29, 1.82) is 0 Å². The molecule has 1 saturated heterocycles. The summed E-state index contributed by atoms with van der Waals surface area (Å²) in [5.74, 6) is 0.222. The molecule has 0 aromatic heterocycles. The van der Waals surface area contributed by atoms with Gasteiger partial charge in [-0.1, -0.05) is 64.9 Å². The van der Waals surface area contributed by atoms with Crippen LogP contribution >= 0.6 is 23.4 Å². The van der Waals surface area contributed by atoms with Crippen molar-refractivity contribution in [2.24, 2.45) is 0 Å². The van der Waals surface area contributed by atoms with Gasteiger partial charge in [-0.05, 0) is 65.3 Å². The number of thioether (sulfide) groups is 1. The Morgan fingerprint density at radius 3 is 2.16 bits per heavy atom. The second-order valence-corrected chi connectivity index (χ2v) is 11.6. The number of hydrogen-bond acceptors (Lipinski definition) is 4. The van der Waals surface area contributed by atoms with Crippen LogP contribution in [0.15, 0.2) is 35.2 Å². The summed E-state index contributed by atoms with van der Waals surface area (Å²) in [5, 5.41) is 17.9. The van der Waals surface area contributed by atoms with Gasteiger partial charge in [0.25, 0.3) is 5.91 Å². The molecule has 2 aromatic carbocycles. The van der Waals surface area contributed by atoms with Crippen molar-refractivity contribution in [3.8, 4) is 5.75 Å². The van der Waals surface area contributed by atoms with Crippen LogP contribution in [0.25, 0.3) is 6.08 Å². The van der Waals surface area contributed by atoms with Gasteiger partial charge in [0.15, 0.2) is 5.50 Å². The molecule has 0 radical (unpaired) electrons. The minimum atomic E-state index is -0.264. The van der Waals surface area contributed by atoms with Gasteiger partial charge in [-0.25, -0.2) is 0 Å². The summed E-state index contributed by atoms with van der Waals surface area (Å²) in [5.41, 5.74) is 3.90. The lowest BCUT2D eigenvalue weighted by molar-refractivity contribution is -0.116. The van der Waals surface area contributed by atoms with Crippen molar-refractivity contribution in [2.75, 3.05) is 5.32 Å². The molecule has 6 heteroatoms. The first kappa shape index (κ1) is 23.6. The Morgan fingerprint density at radius 2 is 1.65 bits per heavy atom. The molecule has 0 bridgehead atoms. The standard InChI is InChI=1S/C25H31ClN2O2S/c1-14-10-16(26)8-9-19(14)27-23-28-22(30)20(31-23)13-15-11-17(24(2,3)4)21(29)18(12-15)25(5,6)7/h8-13,23,27,29H,1-7H3,(H,28,30)/b20-13-. The monoisotopic (exact) mass is 458 g/mol. The number of carbonyl (C=O) groups is 1. The quantitative estimate of drug-likeness (QED) is 0.456. The van der Waals surface area contributed by atoms with Gasteiger partial charge in [-0.15, -0.1) is 0 Å². The maximum Gasteiger partial charge on any atom is 0.260 e. The topological polar surface area (TPSA) is 61.4 Å². The number of hydrogen-bond donors (Lipinski definition) is 3. The minimum absolute atomic E-state index is 0.114. The molecule has 2 aromatic rings. The zero-order valence-electron chi connectivity index (χ0n) is 19.2. The van der Waals surface area contributed by atoms with E-state index in [0.717, 1.165) is 27.9 Å². The number of amides is 1. The summed E-state index contributed by atoms with van der Waals surface area (Å²) in [6, 6.07) is 9.59. The van der Waals surface area contributed by atoms with Crippen LogP contribution in [0.2, 0.25) is 5.02 Å². The highest BCUT2D eigenvalue weighted by atomic mass is 35.5. The van der Waals surface area contributed by atoms with Crippen LogP contribution in [-0.4, -0.2) is 16.5 Å². The third kappa shape index (κ3) is 5.39. The highest BCUT2D eigenvalue weighted by Crippen LogP contribution is 2.41. The third-order valence-corrected chi connectivity index (χ3v) is 6.52. The number of aromatic hydroxyl groups is 1. The summed E-state index contributed by atoms with van der Waals surface area (Å²) in [6.07, 6.45) is 1.90. The zero-order valence-corrected chi connectivity index (χ0v) is 20.8. The van der Waals surface area contributed by atoms with Crippen LogP contribution < -0.4 is 10.6 Å². The molecule has 166 valence electrons. The zero-order chi connectivity index (χ0) is 23.1. The van der Waals surface area contributed by atoms with E-state index >= 15 is 0 Å². The average Bonchev–Trinajstić information content (AvgIpc) is 2.96. The van der Waals surface area contributed by atoms with E-state index in [1.165, 1.54) is 11.8 Å². The van der Waals surface area contributed by atoms with E-state index in [-0.39, 0.29) is 22.2 Å². The van der Waals surface area contributed by atoms with Gasteiger partial charge in [0.05, 0.1) is 4.91 Å². The molecule has 1 aliphatic heterocycles. The van der Waals surface area contributed by atoms with Crippen molar-refractivity contribution in [2.45, 2.75) is 64.8 Å². The second kappa shape index (κ2) is 8.44. The number of phenolic OH excluding ortho intramolecular Hbond substituents is 1. The summed E-state index contributed by atoms with van der Waals surface area (Å²) < 4.78 is 0. The Morgan fingerprint density at radius 1 is 1.06 bits per heavy atom. The van der Waals surface area contributed by atoms with E-state index in [0.29, 0.717) is 15.7 Å². The van der Waals surface area contributed by atoms with E-state index in [2.05, 4.69) is 52.2 Å². The molecule has 1 amide bonds. The van der Waals surface area contributed by atoms with Crippen molar-refractivity contribution in [1.82, 2.24) is 5.32 Å². The Hall–Kier alpha value is -2.11. The lowest BCUT2D eigenvalue weighted by Crippen LogP contribution is -2.31. The average molecular weight is 459 g/mol. The maximum atomic E-state index is 12.6. The van der Waals surface area contributed by atoms with Crippen LogP contribution in [0.1, 0.15) is 63.8 Å². The van der Waals surface area contributed by atoms with Gasteiger partial charge in [0, 0.05) is 21.8 Å². The van der Waals surface area contributed by atoms with E-state index in [1.807, 2.05) is 43.3 Å². The highest BCUT2D eigenvalue weighted by molar-refractivity contribution is 8.05. The first-order valence-corrected chi connectivity index (χ1v) is 11.6. The van der Waals surface area contributed by atoms with Crippen LogP contribution in [0, 0.1) is 6.92 Å². The number of aryl methyl sites for hydroxylation is 1. The molecule has 1 aliphatic rings. The molecule has 1 unspecified atom stereocenters. The first-order chi connectivity index (χ1) is 14.3. The molecule has 3 N–H and O–H groups in total. The SMILES string of the molecule is Cc1cc(Cl)ccc1NC1NC(=O)/C(=C/c2cc(C(C)(C)C)c(O)c(C(C)(C)C)c2)S1. The first-order valence-electron chi connectivity index (χ1n) is 10.4. The number of nitrogens with one attached hydrogen (secondary N) is 2. The summed E-state index contributed by atoms with van der Waals surface area (Å²) >= 11 is 7.49. The highest BCUT2D eigenvalue weighted by Gasteiger charge is 2.29. The van der Waals surface area contributed by atoms with E-state index in [9.17, 15) is 9.90 Å². The molecular weight excluding hydrogens is 428 g/mol. The predicted octanol–water partition coefficient (Wildman–Crippen LogP) is 6.55. The summed E-state index contributed by atoms with van der Waals surface area (Å²) in [7, 11) is 0. The van der Waals surface area contributed by atoms with Crippen LogP contribution in [-0.2, 0) is 15.6 Å². The molecule has 0 spiro atoms. The molecule has 0 aliphatic carbocycles. The van der Waals surface area contributed by atoms with Gasteiger partial charge in [-0.3, -0.25) is 4.79 Å². The number of benzene rings is 2. The van der Waals surface area contributed by atoms with Crippen molar-refractivity contribution in [3.63, 3.8) is 0 Å². The fourth-order valence-corrected chi connectivity index (χ4v) is 4.73. The summed E-state index contributed by atoms with van der Waals surface area (Å²) in [6.45, 7) is 14.5. The van der Waals surface area contributed by atoms with Crippen molar-refractivity contribution < 1.29 is 9.90 Å². The molecule has 4 nitrogen and oxygen atoms in total. The maximum absolute atomic E-state index is 12.6. The molecule has 1 fully saturated rings. The number of phenols is 1. The van der Waals surface area contributed by atoms with Gasteiger partial charge in [0.1, 0.15) is 5.75 Å². The van der Waals surface area contributed by atoms with Gasteiger partial charge in [-0.2, -0.15) is 0 Å².